The number of rotatable bonds is 8. The molecule has 1 aromatic carbocycles. The lowest BCUT2D eigenvalue weighted by Crippen LogP contribution is -2.26. The molecule has 0 saturated heterocycles. The Balaban J connectivity index is 1.39. The highest BCUT2D eigenvalue weighted by molar-refractivity contribution is 5.93. The van der Waals surface area contributed by atoms with Crippen molar-refractivity contribution in [3.63, 3.8) is 0 Å². The Kier molecular flexibility index (Phi) is 6.68. The molecule has 3 rings (SSSR count). The van der Waals surface area contributed by atoms with E-state index in [-0.39, 0.29) is 30.9 Å². The third-order valence-corrected chi connectivity index (χ3v) is 4.32. The lowest BCUT2D eigenvalue weighted by molar-refractivity contribution is -0.117. The molecule has 1 heterocycles. The minimum atomic E-state index is -0.272. The summed E-state index contributed by atoms with van der Waals surface area (Å²) in [7, 11) is 0. The minimum absolute atomic E-state index is 0.164. The Morgan fingerprint density at radius 2 is 2.04 bits per heavy atom. The highest BCUT2D eigenvalue weighted by Crippen LogP contribution is 2.25. The maximum absolute atomic E-state index is 12.1. The van der Waals surface area contributed by atoms with Gasteiger partial charge in [-0.3, -0.25) is 9.59 Å². The van der Waals surface area contributed by atoms with Gasteiger partial charge >= 0.3 is 0 Å². The molecule has 0 atom stereocenters. The fraction of sp³-hybridized carbons (Fsp3) is 0.333. The molecule has 6 nitrogen and oxygen atoms in total. The number of furan rings is 1. The second kappa shape index (κ2) is 9.62. The van der Waals surface area contributed by atoms with Crippen LogP contribution in [-0.4, -0.2) is 24.5 Å². The van der Waals surface area contributed by atoms with E-state index < -0.39 is 0 Å². The van der Waals surface area contributed by atoms with Crippen LogP contribution in [0.1, 0.15) is 37.9 Å². The standard InChI is InChI=1S/C21H24N2O4/c24-20(11-10-17-9-4-14-26-17)22-13-12-21(25)23-16-5-3-8-19(15-16)27-18-6-1-2-7-18/h3-5,8-11,14-15,18H,1-2,6-7,12-13H2,(H,22,24)(H,23,25)/b11-10+. The van der Waals surface area contributed by atoms with E-state index in [1.807, 2.05) is 24.3 Å². The summed E-state index contributed by atoms with van der Waals surface area (Å²) in [5.41, 5.74) is 0.694. The lowest BCUT2D eigenvalue weighted by Gasteiger charge is -2.14. The third kappa shape index (κ3) is 6.33. The van der Waals surface area contributed by atoms with Crippen LogP contribution in [0, 0.1) is 0 Å². The van der Waals surface area contributed by atoms with Crippen LogP contribution in [0.3, 0.4) is 0 Å². The Morgan fingerprint density at radius 1 is 1.19 bits per heavy atom. The number of hydrogen-bond donors (Lipinski definition) is 2. The van der Waals surface area contributed by atoms with Crippen LogP contribution in [0.4, 0.5) is 5.69 Å². The predicted octanol–water partition coefficient (Wildman–Crippen LogP) is 3.76. The molecule has 27 heavy (non-hydrogen) atoms. The van der Waals surface area contributed by atoms with Gasteiger partial charge < -0.3 is 19.8 Å². The predicted molar refractivity (Wildman–Crippen MR) is 103 cm³/mol. The number of anilines is 1. The maximum Gasteiger partial charge on any atom is 0.244 e. The number of amides is 2. The van der Waals surface area contributed by atoms with Crippen molar-refractivity contribution in [1.29, 1.82) is 0 Å². The first-order valence-corrected chi connectivity index (χ1v) is 9.25. The zero-order chi connectivity index (χ0) is 18.9. The molecule has 2 aromatic rings. The Morgan fingerprint density at radius 3 is 2.81 bits per heavy atom. The molecule has 1 aliphatic rings. The average Bonchev–Trinajstić information content (AvgIpc) is 3.34. The van der Waals surface area contributed by atoms with Crippen molar-refractivity contribution >= 4 is 23.6 Å². The van der Waals surface area contributed by atoms with Crippen molar-refractivity contribution in [3.8, 4) is 5.75 Å². The van der Waals surface area contributed by atoms with E-state index >= 15 is 0 Å². The summed E-state index contributed by atoms with van der Waals surface area (Å²) >= 11 is 0. The molecule has 0 bridgehead atoms. The van der Waals surface area contributed by atoms with Gasteiger partial charge in [0.25, 0.3) is 0 Å². The molecule has 142 valence electrons. The van der Waals surface area contributed by atoms with Gasteiger partial charge in [0.1, 0.15) is 11.5 Å². The zero-order valence-corrected chi connectivity index (χ0v) is 15.1. The van der Waals surface area contributed by atoms with E-state index in [9.17, 15) is 9.59 Å². The van der Waals surface area contributed by atoms with Crippen LogP contribution in [0.25, 0.3) is 6.08 Å². The Hall–Kier alpha value is -3.02. The molecule has 6 heteroatoms. The van der Waals surface area contributed by atoms with Crippen molar-refractivity contribution < 1.29 is 18.7 Å². The molecule has 1 saturated carbocycles. The van der Waals surface area contributed by atoms with E-state index in [1.54, 1.807) is 18.2 Å². The first kappa shape index (κ1) is 18.8. The molecule has 0 unspecified atom stereocenters. The Labute approximate surface area is 158 Å². The molecule has 0 aliphatic heterocycles. The molecular formula is C21H24N2O4. The summed E-state index contributed by atoms with van der Waals surface area (Å²) in [5, 5.41) is 5.50. The van der Waals surface area contributed by atoms with Crippen molar-refractivity contribution in [1.82, 2.24) is 5.32 Å². The number of carbonyl (C=O) groups is 2. The first-order chi connectivity index (χ1) is 13.2. The Bertz CT molecular complexity index is 777. The van der Waals surface area contributed by atoms with E-state index in [2.05, 4.69) is 10.6 Å². The first-order valence-electron chi connectivity index (χ1n) is 9.25. The van der Waals surface area contributed by atoms with Gasteiger partial charge in [-0.2, -0.15) is 0 Å². The number of ether oxygens (including phenoxy) is 1. The topological polar surface area (TPSA) is 80.6 Å². The van der Waals surface area contributed by atoms with Gasteiger partial charge in [0, 0.05) is 30.8 Å². The summed E-state index contributed by atoms with van der Waals surface area (Å²) in [6, 6.07) is 10.9. The summed E-state index contributed by atoms with van der Waals surface area (Å²) in [5.74, 6) is 0.938. The monoisotopic (exact) mass is 368 g/mol. The highest BCUT2D eigenvalue weighted by Gasteiger charge is 2.16. The molecule has 2 amide bonds. The van der Waals surface area contributed by atoms with Gasteiger partial charge in [-0.05, 0) is 56.0 Å². The van der Waals surface area contributed by atoms with Crippen molar-refractivity contribution in [3.05, 3.63) is 54.5 Å². The van der Waals surface area contributed by atoms with E-state index in [4.69, 9.17) is 9.15 Å². The second-order valence-electron chi connectivity index (χ2n) is 6.49. The summed E-state index contributed by atoms with van der Waals surface area (Å²) < 4.78 is 11.0. The third-order valence-electron chi connectivity index (χ3n) is 4.32. The van der Waals surface area contributed by atoms with Gasteiger partial charge in [0.15, 0.2) is 0 Å². The van der Waals surface area contributed by atoms with Gasteiger partial charge in [-0.15, -0.1) is 0 Å². The maximum atomic E-state index is 12.1. The minimum Gasteiger partial charge on any atom is -0.490 e. The molecule has 2 N–H and O–H groups in total. The number of benzene rings is 1. The highest BCUT2D eigenvalue weighted by atomic mass is 16.5. The van der Waals surface area contributed by atoms with E-state index in [1.165, 1.54) is 25.2 Å². The molecular weight excluding hydrogens is 344 g/mol. The van der Waals surface area contributed by atoms with Crippen LogP contribution < -0.4 is 15.4 Å². The quantitative estimate of drug-likeness (QED) is 0.695. The van der Waals surface area contributed by atoms with Crippen LogP contribution >= 0.6 is 0 Å². The fourth-order valence-electron chi connectivity index (χ4n) is 2.97. The van der Waals surface area contributed by atoms with E-state index in [0.717, 1.165) is 18.6 Å². The van der Waals surface area contributed by atoms with Crippen LogP contribution in [0.5, 0.6) is 5.75 Å². The van der Waals surface area contributed by atoms with Crippen molar-refractivity contribution in [2.45, 2.75) is 38.2 Å². The lowest BCUT2D eigenvalue weighted by atomic mass is 10.2. The molecule has 1 aliphatic carbocycles. The number of nitrogens with one attached hydrogen (secondary N) is 2. The summed E-state index contributed by atoms with van der Waals surface area (Å²) in [6.45, 7) is 0.255. The fourth-order valence-corrected chi connectivity index (χ4v) is 2.97. The van der Waals surface area contributed by atoms with Crippen LogP contribution in [-0.2, 0) is 9.59 Å². The normalized spacial score (nSPS) is 14.4. The van der Waals surface area contributed by atoms with Gasteiger partial charge in [0.2, 0.25) is 11.8 Å². The summed E-state index contributed by atoms with van der Waals surface area (Å²) in [6.07, 6.45) is 9.55. The van der Waals surface area contributed by atoms with Gasteiger partial charge in [-0.25, -0.2) is 0 Å². The summed E-state index contributed by atoms with van der Waals surface area (Å²) in [4.78, 5) is 23.8. The smallest absolute Gasteiger partial charge is 0.244 e. The molecule has 1 aromatic heterocycles. The zero-order valence-electron chi connectivity index (χ0n) is 15.1. The van der Waals surface area contributed by atoms with Crippen molar-refractivity contribution in [2.24, 2.45) is 0 Å². The average molecular weight is 368 g/mol. The van der Waals surface area contributed by atoms with Gasteiger partial charge in [0.05, 0.1) is 12.4 Å². The van der Waals surface area contributed by atoms with Gasteiger partial charge in [-0.1, -0.05) is 6.07 Å². The molecule has 1 fully saturated rings. The second-order valence-corrected chi connectivity index (χ2v) is 6.49. The number of hydrogen-bond acceptors (Lipinski definition) is 4. The van der Waals surface area contributed by atoms with Crippen LogP contribution in [0.15, 0.2) is 53.2 Å². The largest absolute Gasteiger partial charge is 0.490 e. The SMILES string of the molecule is O=C(/C=C/c1ccco1)NCCC(=O)Nc1cccc(OC2CCCC2)c1. The number of carbonyl (C=O) groups excluding carboxylic acids is 2. The van der Waals surface area contributed by atoms with Crippen molar-refractivity contribution in [2.75, 3.05) is 11.9 Å². The molecule has 0 spiro atoms. The molecule has 0 radical (unpaired) electrons. The van der Waals surface area contributed by atoms with Crippen LogP contribution in [0.2, 0.25) is 0 Å². The van der Waals surface area contributed by atoms with E-state index in [0.29, 0.717) is 11.4 Å².